The van der Waals surface area contributed by atoms with Crippen LogP contribution in [-0.2, 0) is 0 Å². The average molecular weight is 957 g/mol. The first kappa shape index (κ1) is 42.4. The molecule has 0 aliphatic rings. The predicted molar refractivity (Wildman–Crippen MR) is 308 cm³/mol. The van der Waals surface area contributed by atoms with E-state index < -0.39 is 0 Å². The molecule has 0 bridgehead atoms. The predicted octanol–water partition coefficient (Wildman–Crippen LogP) is 20.4. The van der Waals surface area contributed by atoms with E-state index >= 15 is 0 Å². The van der Waals surface area contributed by atoms with Gasteiger partial charge in [0.05, 0.1) is 0 Å². The highest BCUT2D eigenvalue weighted by Gasteiger charge is 2.24. The molecule has 11 aromatic carbocycles. The Morgan fingerprint density at radius 1 is 0.257 bits per heavy atom. The third-order valence-corrected chi connectivity index (χ3v) is 15.4. The smallest absolute Gasteiger partial charge is 0.142 e. The minimum Gasteiger partial charge on any atom is -0.456 e. The van der Waals surface area contributed by atoms with Crippen LogP contribution in [0.1, 0.15) is 33.4 Å². The van der Waals surface area contributed by atoms with E-state index in [1.165, 1.54) is 22.3 Å². The molecule has 74 heavy (non-hydrogen) atoms. The summed E-state index contributed by atoms with van der Waals surface area (Å²) in [4.78, 5) is 4.71. The summed E-state index contributed by atoms with van der Waals surface area (Å²) in [7, 11) is 0. The zero-order chi connectivity index (χ0) is 49.7. The fourth-order valence-corrected chi connectivity index (χ4v) is 12.2. The van der Waals surface area contributed by atoms with E-state index in [9.17, 15) is 0 Å². The van der Waals surface area contributed by atoms with Crippen LogP contribution in [0, 0.1) is 41.5 Å². The molecule has 0 aliphatic carbocycles. The lowest BCUT2D eigenvalue weighted by molar-refractivity contribution is 0.651. The highest BCUT2D eigenvalue weighted by Crippen LogP contribution is 2.47. The maximum Gasteiger partial charge on any atom is 0.142 e. The van der Waals surface area contributed by atoms with Crippen LogP contribution in [0.25, 0.3) is 109 Å². The van der Waals surface area contributed by atoms with Gasteiger partial charge in [0.15, 0.2) is 0 Å². The van der Waals surface area contributed by atoms with Crippen molar-refractivity contribution >= 4 is 143 Å². The van der Waals surface area contributed by atoms with Gasteiger partial charge in [0.1, 0.15) is 44.7 Å². The molecule has 0 spiro atoms. The maximum absolute atomic E-state index is 6.93. The van der Waals surface area contributed by atoms with Gasteiger partial charge < -0.3 is 27.5 Å². The van der Waals surface area contributed by atoms with E-state index in [1.807, 2.05) is 24.3 Å². The minimum absolute atomic E-state index is 0.850. The van der Waals surface area contributed by atoms with E-state index in [0.717, 1.165) is 155 Å². The zero-order valence-electron chi connectivity index (χ0n) is 41.8. The second-order valence-electron chi connectivity index (χ2n) is 20.5. The average Bonchev–Trinajstić information content (AvgIpc) is 4.17. The lowest BCUT2D eigenvalue weighted by Gasteiger charge is -2.26. The summed E-state index contributed by atoms with van der Waals surface area (Å²) in [6.45, 7) is 13.0. The zero-order valence-corrected chi connectivity index (χ0v) is 41.8. The number of anilines is 6. The van der Waals surface area contributed by atoms with Gasteiger partial charge in [0.25, 0.3) is 0 Å². The van der Waals surface area contributed by atoms with E-state index in [0.29, 0.717) is 0 Å². The van der Waals surface area contributed by atoms with Gasteiger partial charge in [0.2, 0.25) is 0 Å². The van der Waals surface area contributed by atoms with Crippen LogP contribution in [0.4, 0.5) is 34.1 Å². The van der Waals surface area contributed by atoms with Crippen molar-refractivity contribution in [3.05, 3.63) is 215 Å². The summed E-state index contributed by atoms with van der Waals surface area (Å²) in [5.41, 5.74) is 20.4. The molecule has 4 aromatic heterocycles. The van der Waals surface area contributed by atoms with Gasteiger partial charge in [-0.15, -0.1) is 0 Å². The van der Waals surface area contributed by atoms with Crippen molar-refractivity contribution in [2.75, 3.05) is 9.80 Å². The normalized spacial score (nSPS) is 12.2. The number of rotatable bonds is 6. The first-order chi connectivity index (χ1) is 36.1. The summed E-state index contributed by atoms with van der Waals surface area (Å²) in [6, 6.07) is 65.6. The van der Waals surface area contributed by atoms with E-state index in [-0.39, 0.29) is 0 Å². The van der Waals surface area contributed by atoms with Crippen molar-refractivity contribution < 1.29 is 17.7 Å². The molecule has 0 aliphatic heterocycles. The van der Waals surface area contributed by atoms with Crippen LogP contribution in [-0.4, -0.2) is 0 Å². The van der Waals surface area contributed by atoms with Crippen LogP contribution in [0.3, 0.4) is 0 Å². The molecule has 0 unspecified atom stereocenters. The molecular weight excluding hydrogens is 909 g/mol. The number of para-hydroxylation sites is 2. The Balaban J connectivity index is 0.853. The number of furan rings is 4. The minimum atomic E-state index is 0.850. The highest BCUT2D eigenvalue weighted by atomic mass is 16.3. The van der Waals surface area contributed by atoms with E-state index in [4.69, 9.17) is 17.7 Å². The molecule has 4 heterocycles. The van der Waals surface area contributed by atoms with Crippen LogP contribution < -0.4 is 9.80 Å². The molecule has 15 aromatic rings. The molecule has 0 N–H and O–H groups in total. The topological polar surface area (TPSA) is 59.0 Å². The first-order valence-electron chi connectivity index (χ1n) is 25.4. The van der Waals surface area contributed by atoms with Gasteiger partial charge in [-0.25, -0.2) is 0 Å². The van der Waals surface area contributed by atoms with Crippen molar-refractivity contribution in [2.24, 2.45) is 0 Å². The van der Waals surface area contributed by atoms with Gasteiger partial charge in [0, 0.05) is 82.8 Å². The van der Waals surface area contributed by atoms with Crippen molar-refractivity contribution in [3.63, 3.8) is 0 Å². The van der Waals surface area contributed by atoms with Crippen LogP contribution >= 0.6 is 0 Å². The summed E-state index contributed by atoms with van der Waals surface area (Å²) in [6.07, 6.45) is 0. The Labute approximate surface area is 425 Å². The van der Waals surface area contributed by atoms with Crippen molar-refractivity contribution in [1.29, 1.82) is 0 Å². The fourth-order valence-electron chi connectivity index (χ4n) is 12.2. The van der Waals surface area contributed by atoms with Crippen LogP contribution in [0.15, 0.2) is 200 Å². The van der Waals surface area contributed by atoms with E-state index in [1.54, 1.807) is 0 Å². The quantitative estimate of drug-likeness (QED) is 0.165. The fraction of sp³-hybridized carbons (Fsp3) is 0.0882. The second-order valence-corrected chi connectivity index (χ2v) is 20.5. The lowest BCUT2D eigenvalue weighted by atomic mass is 9.96. The number of aryl methyl sites for hydroxylation is 6. The number of benzene rings is 11. The SMILES string of the molecule is Cc1cc(C)cc(N(c2ccc3cc4c(cc3c2)oc2c(C)c3oc5cc6cc(N(c7cc(C)cc(C)c7)c7ccc8oc9ccccc9c8c7)ccc6cc5c3c(C)c24)c2ccc3oc4ccccc4c3c2)c1. The Morgan fingerprint density at radius 3 is 1.09 bits per heavy atom. The van der Waals surface area contributed by atoms with Gasteiger partial charge >= 0.3 is 0 Å². The van der Waals surface area contributed by atoms with Crippen molar-refractivity contribution in [3.8, 4) is 0 Å². The second kappa shape index (κ2) is 15.6. The molecule has 0 amide bonds. The Kier molecular flexibility index (Phi) is 8.95. The van der Waals surface area contributed by atoms with Gasteiger partial charge in [-0.2, -0.15) is 0 Å². The lowest BCUT2D eigenvalue weighted by Crippen LogP contribution is -2.10. The van der Waals surface area contributed by atoms with Crippen molar-refractivity contribution in [1.82, 2.24) is 0 Å². The number of hydrogen-bond acceptors (Lipinski definition) is 6. The van der Waals surface area contributed by atoms with Crippen LogP contribution in [0.2, 0.25) is 0 Å². The first-order valence-corrected chi connectivity index (χ1v) is 25.4. The van der Waals surface area contributed by atoms with Crippen LogP contribution in [0.5, 0.6) is 0 Å². The standard InChI is InChI=1S/C68H48N2O4/c1-37-23-38(2)26-51(25-37)69(49-19-21-61-55(35-49)53-11-7-9-13-59(53)71-61)47-17-15-43-31-57-63(33-45(43)29-47)73-67-42(6)68-66(41(5)65(57)67)58-32-44-16-18-48(30-46(44)34-64(58)74-68)70(52-27-39(3)24-40(4)28-52)50-20-22-62-56(36-50)54-12-8-10-14-60(54)72-62/h7-36H,1-6H3. The molecule has 15 rings (SSSR count). The number of hydrogen-bond donors (Lipinski definition) is 0. The largest absolute Gasteiger partial charge is 0.456 e. The Bertz CT molecular complexity index is 4540. The molecule has 6 nitrogen and oxygen atoms in total. The molecule has 0 fully saturated rings. The van der Waals surface area contributed by atoms with E-state index in [2.05, 4.69) is 209 Å². The van der Waals surface area contributed by atoms with Crippen molar-refractivity contribution in [2.45, 2.75) is 41.5 Å². The third-order valence-electron chi connectivity index (χ3n) is 15.4. The van der Waals surface area contributed by atoms with Gasteiger partial charge in [-0.3, -0.25) is 0 Å². The monoisotopic (exact) mass is 956 g/mol. The number of fused-ring (bicyclic) bond motifs is 14. The summed E-state index contributed by atoms with van der Waals surface area (Å²) in [5, 5.41) is 13.3. The summed E-state index contributed by atoms with van der Waals surface area (Å²) >= 11 is 0. The molecule has 0 radical (unpaired) electrons. The highest BCUT2D eigenvalue weighted by molar-refractivity contribution is 6.22. The summed E-state index contributed by atoms with van der Waals surface area (Å²) < 4.78 is 26.4. The summed E-state index contributed by atoms with van der Waals surface area (Å²) in [5.74, 6) is 0. The molecule has 6 heteroatoms. The third kappa shape index (κ3) is 6.44. The molecule has 0 atom stereocenters. The maximum atomic E-state index is 6.93. The van der Waals surface area contributed by atoms with Gasteiger partial charge in [-0.1, -0.05) is 60.7 Å². The Morgan fingerprint density at radius 2 is 0.649 bits per heavy atom. The molecule has 354 valence electrons. The Hall–Kier alpha value is -9.26. The molecule has 0 saturated heterocycles. The van der Waals surface area contributed by atoms with Gasteiger partial charge in [-0.05, 0) is 212 Å². The molecule has 0 saturated carbocycles. The molecular formula is C68H48N2O4. The number of nitrogens with zero attached hydrogens (tertiary/aromatic N) is 2.